The zero-order valence-electron chi connectivity index (χ0n) is 30.5. The van der Waals surface area contributed by atoms with Gasteiger partial charge in [0.05, 0.1) is 0 Å². The second kappa shape index (κ2) is 14.5. The zero-order valence-corrected chi connectivity index (χ0v) is 30.5. The molecular formula is C51H41N3. The van der Waals surface area contributed by atoms with Crippen molar-refractivity contribution < 1.29 is 0 Å². The minimum absolute atomic E-state index is 0.0100. The molecule has 0 amide bonds. The van der Waals surface area contributed by atoms with E-state index in [1.807, 2.05) is 0 Å². The van der Waals surface area contributed by atoms with Crippen LogP contribution in [0.2, 0.25) is 0 Å². The third-order valence-electron chi connectivity index (χ3n) is 11.0. The maximum atomic E-state index is 5.30. The van der Waals surface area contributed by atoms with Gasteiger partial charge in [0, 0.05) is 17.4 Å². The minimum Gasteiger partial charge on any atom is -0.217 e. The number of hydrogen-bond donors (Lipinski definition) is 0. The average Bonchev–Trinajstić information content (AvgIpc) is 3.24. The highest BCUT2D eigenvalue weighted by Crippen LogP contribution is 2.42. The number of nitrogens with zero attached hydrogens (tertiary/aromatic N) is 3. The van der Waals surface area contributed by atoms with Crippen molar-refractivity contribution in [3.8, 4) is 44.8 Å². The van der Waals surface area contributed by atoms with Crippen LogP contribution in [0.15, 0.2) is 188 Å². The van der Waals surface area contributed by atoms with Crippen LogP contribution in [0.1, 0.15) is 42.9 Å². The topological polar surface area (TPSA) is 38.7 Å². The SMILES string of the molecule is CC1C=CC=CC1c1nc(-c2cccc(-c3c(-c4ccc(-c5ccccc5)cc4)ccc4ccccc34)c2)nc(C2C=CC=C(c3ccccc3)C2C)n1. The quantitative estimate of drug-likeness (QED) is 0.167. The van der Waals surface area contributed by atoms with Gasteiger partial charge >= 0.3 is 0 Å². The fourth-order valence-corrected chi connectivity index (χ4v) is 8.08. The van der Waals surface area contributed by atoms with Gasteiger partial charge in [-0.05, 0) is 73.2 Å². The van der Waals surface area contributed by atoms with Crippen molar-refractivity contribution in [2.75, 3.05) is 0 Å². The predicted molar refractivity (Wildman–Crippen MR) is 225 cm³/mol. The molecular weight excluding hydrogens is 655 g/mol. The van der Waals surface area contributed by atoms with Crippen molar-refractivity contribution in [3.05, 3.63) is 205 Å². The molecule has 0 N–H and O–H groups in total. The number of aromatic nitrogens is 3. The van der Waals surface area contributed by atoms with Crippen LogP contribution in [0.25, 0.3) is 61.1 Å². The molecule has 260 valence electrons. The number of fused-ring (bicyclic) bond motifs is 1. The molecule has 4 unspecified atom stereocenters. The summed E-state index contributed by atoms with van der Waals surface area (Å²) in [5, 5.41) is 2.42. The molecule has 0 bridgehead atoms. The van der Waals surface area contributed by atoms with E-state index in [0.29, 0.717) is 5.82 Å². The van der Waals surface area contributed by atoms with Gasteiger partial charge in [-0.3, -0.25) is 0 Å². The van der Waals surface area contributed by atoms with Crippen LogP contribution in [0.5, 0.6) is 0 Å². The first kappa shape index (κ1) is 33.4. The molecule has 6 aromatic carbocycles. The van der Waals surface area contributed by atoms with Crippen molar-refractivity contribution in [3.63, 3.8) is 0 Å². The Morgan fingerprint density at radius 3 is 1.83 bits per heavy atom. The monoisotopic (exact) mass is 695 g/mol. The molecule has 3 nitrogen and oxygen atoms in total. The van der Waals surface area contributed by atoms with Crippen LogP contribution in [0.4, 0.5) is 0 Å². The highest BCUT2D eigenvalue weighted by molar-refractivity contribution is 6.04. The molecule has 0 saturated carbocycles. The minimum atomic E-state index is 0.0100. The summed E-state index contributed by atoms with van der Waals surface area (Å²) in [5.74, 6) is 2.87. The molecule has 54 heavy (non-hydrogen) atoms. The van der Waals surface area contributed by atoms with Gasteiger partial charge in [-0.2, -0.15) is 0 Å². The predicted octanol–water partition coefficient (Wildman–Crippen LogP) is 12.9. The summed E-state index contributed by atoms with van der Waals surface area (Å²) in [5.41, 5.74) is 10.6. The third kappa shape index (κ3) is 6.43. The summed E-state index contributed by atoms with van der Waals surface area (Å²) in [6.45, 7) is 4.53. The summed E-state index contributed by atoms with van der Waals surface area (Å²) in [7, 11) is 0. The van der Waals surface area contributed by atoms with Crippen molar-refractivity contribution in [2.24, 2.45) is 11.8 Å². The van der Waals surface area contributed by atoms with Gasteiger partial charge in [0.15, 0.2) is 5.82 Å². The third-order valence-corrected chi connectivity index (χ3v) is 11.0. The molecule has 2 aliphatic rings. The Morgan fingerprint density at radius 2 is 1.06 bits per heavy atom. The van der Waals surface area contributed by atoms with Crippen molar-refractivity contribution >= 4 is 16.3 Å². The van der Waals surface area contributed by atoms with Gasteiger partial charge in [0.2, 0.25) is 0 Å². The molecule has 3 heteroatoms. The zero-order chi connectivity index (χ0) is 36.4. The smallest absolute Gasteiger partial charge is 0.163 e. The Balaban J connectivity index is 1.16. The van der Waals surface area contributed by atoms with E-state index in [9.17, 15) is 0 Å². The Labute approximate surface area is 317 Å². The lowest BCUT2D eigenvalue weighted by atomic mass is 9.80. The van der Waals surface area contributed by atoms with E-state index in [-0.39, 0.29) is 23.7 Å². The van der Waals surface area contributed by atoms with Crippen LogP contribution >= 0.6 is 0 Å². The molecule has 7 aromatic rings. The summed E-state index contributed by atoms with van der Waals surface area (Å²) < 4.78 is 0. The normalized spacial score (nSPS) is 19.2. The molecule has 1 aromatic heterocycles. The number of rotatable bonds is 7. The summed E-state index contributed by atoms with van der Waals surface area (Å²) >= 11 is 0. The molecule has 1 heterocycles. The molecule has 2 aliphatic carbocycles. The molecule has 0 radical (unpaired) electrons. The van der Waals surface area contributed by atoms with Gasteiger partial charge in [0.1, 0.15) is 11.6 Å². The summed E-state index contributed by atoms with van der Waals surface area (Å²) in [4.78, 5) is 15.8. The molecule has 4 atom stereocenters. The Kier molecular flexibility index (Phi) is 8.98. The van der Waals surface area contributed by atoms with E-state index in [0.717, 1.165) is 22.8 Å². The van der Waals surface area contributed by atoms with Crippen molar-refractivity contribution in [1.29, 1.82) is 0 Å². The highest BCUT2D eigenvalue weighted by Gasteiger charge is 2.29. The van der Waals surface area contributed by atoms with E-state index >= 15 is 0 Å². The van der Waals surface area contributed by atoms with Crippen molar-refractivity contribution in [2.45, 2.75) is 25.7 Å². The lowest BCUT2D eigenvalue weighted by Gasteiger charge is -2.27. The standard InChI is InChI=1S/C51H41N3/c1-34-15-9-11-23-43(34)50-52-49(53-51(54-50)45-26-14-25-44(35(45)2)38-18-7-4-8-19-38)42-22-13-21-41(33-42)48-46-24-12-10-20-39(46)31-32-47(48)40-29-27-37(28-30-40)36-16-5-3-6-17-36/h3-35,43,45H,1-2H3. The van der Waals surface area contributed by atoms with Gasteiger partial charge in [-0.25, -0.2) is 15.0 Å². The summed E-state index contributed by atoms with van der Waals surface area (Å²) in [6, 6.07) is 52.1. The first-order valence-corrected chi connectivity index (χ1v) is 18.9. The number of hydrogen-bond acceptors (Lipinski definition) is 3. The maximum absolute atomic E-state index is 5.30. The molecule has 9 rings (SSSR count). The molecule has 0 spiro atoms. The lowest BCUT2D eigenvalue weighted by molar-refractivity contribution is 0.569. The molecule has 0 fully saturated rings. The van der Waals surface area contributed by atoms with E-state index in [4.69, 9.17) is 15.0 Å². The average molecular weight is 696 g/mol. The van der Waals surface area contributed by atoms with Gasteiger partial charge in [-0.15, -0.1) is 0 Å². The van der Waals surface area contributed by atoms with Crippen molar-refractivity contribution in [1.82, 2.24) is 15.0 Å². The molecule has 0 saturated heterocycles. The van der Waals surface area contributed by atoms with E-state index in [1.54, 1.807) is 0 Å². The van der Waals surface area contributed by atoms with E-state index in [2.05, 4.69) is 202 Å². The van der Waals surface area contributed by atoms with Crippen LogP contribution in [-0.2, 0) is 0 Å². The largest absolute Gasteiger partial charge is 0.217 e. The fourth-order valence-electron chi connectivity index (χ4n) is 8.08. The van der Waals surface area contributed by atoms with Gasteiger partial charge in [0.25, 0.3) is 0 Å². The van der Waals surface area contributed by atoms with E-state index < -0.39 is 0 Å². The maximum Gasteiger partial charge on any atom is 0.163 e. The van der Waals surface area contributed by atoms with Crippen LogP contribution in [0, 0.1) is 11.8 Å². The molecule has 0 aliphatic heterocycles. The van der Waals surface area contributed by atoms with E-state index in [1.165, 1.54) is 49.7 Å². The Hall–Kier alpha value is -6.45. The van der Waals surface area contributed by atoms with Gasteiger partial charge in [-0.1, -0.05) is 196 Å². The Bertz CT molecular complexity index is 2580. The van der Waals surface area contributed by atoms with Crippen LogP contribution < -0.4 is 0 Å². The van der Waals surface area contributed by atoms with Gasteiger partial charge < -0.3 is 0 Å². The summed E-state index contributed by atoms with van der Waals surface area (Å²) in [6.07, 6.45) is 15.3. The second-order valence-electron chi connectivity index (χ2n) is 14.5. The van der Waals surface area contributed by atoms with Crippen LogP contribution in [0.3, 0.4) is 0 Å². The van der Waals surface area contributed by atoms with Crippen LogP contribution in [-0.4, -0.2) is 15.0 Å². The highest BCUT2D eigenvalue weighted by atomic mass is 15.0. The lowest BCUT2D eigenvalue weighted by Crippen LogP contribution is -2.19. The first-order valence-electron chi connectivity index (χ1n) is 18.9. The Morgan fingerprint density at radius 1 is 0.444 bits per heavy atom. The second-order valence-corrected chi connectivity index (χ2v) is 14.5. The fraction of sp³-hybridized carbons (Fsp3) is 0.118. The number of benzene rings is 6. The number of allylic oxidation sites excluding steroid dienone is 8. The first-order chi connectivity index (χ1) is 26.6.